The molecule has 0 atom stereocenters. The van der Waals surface area contributed by atoms with Crippen LogP contribution in [-0.4, -0.2) is 0 Å². The topological polar surface area (TPSA) is 0 Å². The van der Waals surface area contributed by atoms with E-state index in [1.54, 1.807) is 16.0 Å². The van der Waals surface area contributed by atoms with E-state index in [1.165, 1.54) is 12.8 Å². The Labute approximate surface area is 104 Å². The van der Waals surface area contributed by atoms with Crippen molar-refractivity contribution in [2.24, 2.45) is 0 Å². The van der Waals surface area contributed by atoms with Crippen molar-refractivity contribution in [2.45, 2.75) is 71.1 Å². The summed E-state index contributed by atoms with van der Waals surface area (Å²) in [6, 6.07) is 0. The van der Waals surface area contributed by atoms with Crippen molar-refractivity contribution in [3.05, 3.63) is 21.4 Å². The Kier molecular flexibility index (Phi) is 2.73. The lowest BCUT2D eigenvalue weighted by molar-refractivity contribution is 0.537. The first-order chi connectivity index (χ1) is 7.21. The lowest BCUT2D eigenvalue weighted by Gasteiger charge is -2.28. The van der Waals surface area contributed by atoms with Gasteiger partial charge in [-0.25, -0.2) is 0 Å². The second kappa shape index (κ2) is 3.60. The van der Waals surface area contributed by atoms with E-state index in [-0.39, 0.29) is 0 Å². The number of thiophene rings is 1. The van der Waals surface area contributed by atoms with Crippen LogP contribution >= 0.6 is 11.3 Å². The highest BCUT2D eigenvalue weighted by atomic mass is 32.1. The minimum atomic E-state index is 0.292. The van der Waals surface area contributed by atoms with Crippen LogP contribution in [0, 0.1) is 0 Å². The minimum Gasteiger partial charge on any atom is -0.148 e. The fraction of sp³-hybridized carbons (Fsp3) is 0.733. The second-order valence-corrected chi connectivity index (χ2v) is 8.05. The molecule has 90 valence electrons. The third-order valence-electron chi connectivity index (χ3n) is 3.27. The monoisotopic (exact) mass is 236 g/mol. The molecule has 1 aromatic heterocycles. The van der Waals surface area contributed by atoms with E-state index < -0.39 is 0 Å². The summed E-state index contributed by atoms with van der Waals surface area (Å²) >= 11 is 1.98. The Morgan fingerprint density at radius 1 is 1.00 bits per heavy atom. The maximum absolute atomic E-state index is 2.43. The molecule has 0 bridgehead atoms. The van der Waals surface area contributed by atoms with E-state index in [4.69, 9.17) is 0 Å². The molecule has 0 aromatic carbocycles. The Bertz CT molecular complexity index is 381. The molecule has 2 rings (SSSR count). The third-order valence-corrected chi connectivity index (χ3v) is 4.69. The largest absolute Gasteiger partial charge is 0.148 e. The predicted molar refractivity (Wildman–Crippen MR) is 73.7 cm³/mol. The summed E-state index contributed by atoms with van der Waals surface area (Å²) in [5.74, 6) is 0.876. The highest BCUT2D eigenvalue weighted by molar-refractivity contribution is 7.10. The van der Waals surface area contributed by atoms with Crippen LogP contribution in [-0.2, 0) is 10.8 Å². The Hall–Kier alpha value is -0.300. The lowest BCUT2D eigenvalue weighted by atomic mass is 9.78. The molecule has 16 heavy (non-hydrogen) atoms. The summed E-state index contributed by atoms with van der Waals surface area (Å²) < 4.78 is 0. The molecule has 1 aromatic rings. The van der Waals surface area contributed by atoms with Crippen LogP contribution in [0.4, 0.5) is 0 Å². The van der Waals surface area contributed by atoms with Gasteiger partial charge in [0.2, 0.25) is 0 Å². The standard InChI is InChI=1S/C15H24S/c1-14(2,3)12-11(10-7-8-10)9-16-13(12)15(4,5)6/h9-10H,7-8H2,1-6H3. The minimum absolute atomic E-state index is 0.292. The van der Waals surface area contributed by atoms with Gasteiger partial charge in [-0.3, -0.25) is 0 Å². The van der Waals surface area contributed by atoms with Gasteiger partial charge in [0.25, 0.3) is 0 Å². The van der Waals surface area contributed by atoms with Crippen LogP contribution in [0.2, 0.25) is 0 Å². The molecule has 0 nitrogen and oxygen atoms in total. The summed E-state index contributed by atoms with van der Waals surface area (Å²) in [6.45, 7) is 14.1. The molecule has 1 heteroatoms. The first kappa shape index (κ1) is 12.2. The Morgan fingerprint density at radius 3 is 1.94 bits per heavy atom. The maximum atomic E-state index is 2.43. The maximum Gasteiger partial charge on any atom is 0.0139 e. The molecule has 0 spiro atoms. The van der Waals surface area contributed by atoms with Crippen molar-refractivity contribution >= 4 is 11.3 Å². The van der Waals surface area contributed by atoms with Gasteiger partial charge in [-0.1, -0.05) is 41.5 Å². The van der Waals surface area contributed by atoms with E-state index in [0.29, 0.717) is 10.8 Å². The summed E-state index contributed by atoms with van der Waals surface area (Å²) in [5.41, 5.74) is 3.89. The van der Waals surface area contributed by atoms with Crippen LogP contribution in [0.3, 0.4) is 0 Å². The van der Waals surface area contributed by atoms with Gasteiger partial charge in [-0.15, -0.1) is 11.3 Å². The summed E-state index contributed by atoms with van der Waals surface area (Å²) in [6.07, 6.45) is 2.81. The summed E-state index contributed by atoms with van der Waals surface area (Å²) in [5, 5.41) is 2.43. The SMILES string of the molecule is CC(C)(C)c1scc(C2CC2)c1C(C)(C)C. The average Bonchev–Trinajstić information content (AvgIpc) is 2.79. The fourth-order valence-electron chi connectivity index (χ4n) is 2.39. The molecule has 1 aliphatic rings. The van der Waals surface area contributed by atoms with Gasteiger partial charge in [-0.05, 0) is 46.1 Å². The molecule has 0 amide bonds. The number of rotatable bonds is 1. The molecule has 1 fully saturated rings. The normalized spacial score (nSPS) is 17.9. The molecule has 0 aliphatic heterocycles. The smallest absolute Gasteiger partial charge is 0.0139 e. The fourth-order valence-corrected chi connectivity index (χ4v) is 3.84. The van der Waals surface area contributed by atoms with E-state index in [9.17, 15) is 0 Å². The van der Waals surface area contributed by atoms with Gasteiger partial charge in [0, 0.05) is 4.88 Å². The van der Waals surface area contributed by atoms with Crippen LogP contribution < -0.4 is 0 Å². The highest BCUT2D eigenvalue weighted by Crippen LogP contribution is 2.49. The molecule has 0 radical (unpaired) electrons. The molecular formula is C15H24S. The van der Waals surface area contributed by atoms with Crippen LogP contribution in [0.25, 0.3) is 0 Å². The van der Waals surface area contributed by atoms with Crippen molar-refractivity contribution in [2.75, 3.05) is 0 Å². The van der Waals surface area contributed by atoms with Crippen molar-refractivity contribution in [3.8, 4) is 0 Å². The number of hydrogen-bond donors (Lipinski definition) is 0. The molecule has 0 N–H and O–H groups in total. The Morgan fingerprint density at radius 2 is 1.56 bits per heavy atom. The van der Waals surface area contributed by atoms with Gasteiger partial charge in [0.15, 0.2) is 0 Å². The van der Waals surface area contributed by atoms with Crippen molar-refractivity contribution in [1.29, 1.82) is 0 Å². The summed E-state index contributed by atoms with van der Waals surface area (Å²) in [4.78, 5) is 1.60. The molecule has 1 aliphatic carbocycles. The van der Waals surface area contributed by atoms with E-state index in [0.717, 1.165) is 5.92 Å². The predicted octanol–water partition coefficient (Wildman–Crippen LogP) is 5.22. The zero-order valence-electron chi connectivity index (χ0n) is 11.5. The van der Waals surface area contributed by atoms with Crippen LogP contribution in [0.5, 0.6) is 0 Å². The van der Waals surface area contributed by atoms with E-state index in [2.05, 4.69) is 46.9 Å². The Balaban J connectivity index is 2.54. The molecule has 0 unspecified atom stereocenters. The quantitative estimate of drug-likeness (QED) is 0.627. The van der Waals surface area contributed by atoms with Gasteiger partial charge in [0.1, 0.15) is 0 Å². The van der Waals surface area contributed by atoms with Gasteiger partial charge < -0.3 is 0 Å². The van der Waals surface area contributed by atoms with Crippen LogP contribution in [0.1, 0.15) is 76.3 Å². The van der Waals surface area contributed by atoms with Gasteiger partial charge in [0.05, 0.1) is 0 Å². The summed E-state index contributed by atoms with van der Waals surface area (Å²) in [7, 11) is 0. The third kappa shape index (κ3) is 2.20. The van der Waals surface area contributed by atoms with Gasteiger partial charge >= 0.3 is 0 Å². The van der Waals surface area contributed by atoms with Gasteiger partial charge in [-0.2, -0.15) is 0 Å². The van der Waals surface area contributed by atoms with Crippen molar-refractivity contribution < 1.29 is 0 Å². The zero-order chi connectivity index (χ0) is 12.1. The first-order valence-corrected chi connectivity index (χ1v) is 7.21. The van der Waals surface area contributed by atoms with Crippen molar-refractivity contribution in [3.63, 3.8) is 0 Å². The van der Waals surface area contributed by atoms with E-state index >= 15 is 0 Å². The molecule has 0 saturated heterocycles. The first-order valence-electron chi connectivity index (χ1n) is 6.33. The molecule has 1 heterocycles. The highest BCUT2D eigenvalue weighted by Gasteiger charge is 2.35. The second-order valence-electron chi connectivity index (χ2n) is 7.17. The van der Waals surface area contributed by atoms with Crippen LogP contribution in [0.15, 0.2) is 5.38 Å². The molecule has 1 saturated carbocycles. The lowest BCUT2D eigenvalue weighted by Crippen LogP contribution is -2.20. The number of hydrogen-bond acceptors (Lipinski definition) is 1. The molecular weight excluding hydrogens is 212 g/mol. The zero-order valence-corrected chi connectivity index (χ0v) is 12.3. The average molecular weight is 236 g/mol. The van der Waals surface area contributed by atoms with E-state index in [1.807, 2.05) is 11.3 Å². The van der Waals surface area contributed by atoms with Crippen molar-refractivity contribution in [1.82, 2.24) is 0 Å².